The molecule has 1 fully saturated rings. The topological polar surface area (TPSA) is 3.24 Å². The van der Waals surface area contributed by atoms with Gasteiger partial charge in [0.05, 0.1) is 0 Å². The molecule has 0 saturated carbocycles. The van der Waals surface area contributed by atoms with Crippen LogP contribution in [0.1, 0.15) is 47.0 Å². The van der Waals surface area contributed by atoms with Gasteiger partial charge in [-0.2, -0.15) is 0 Å². The van der Waals surface area contributed by atoms with Gasteiger partial charge in [0.25, 0.3) is 0 Å². The molecule has 0 spiro atoms. The third kappa shape index (κ3) is 4.69. The van der Waals surface area contributed by atoms with Crippen molar-refractivity contribution in [2.75, 3.05) is 19.6 Å². The van der Waals surface area contributed by atoms with E-state index >= 15 is 0 Å². The molecule has 0 atom stereocenters. The van der Waals surface area contributed by atoms with Gasteiger partial charge in [0.2, 0.25) is 0 Å². The van der Waals surface area contributed by atoms with Crippen LogP contribution in [0.2, 0.25) is 0 Å². The molecule has 0 aliphatic carbocycles. The molecule has 1 heterocycles. The molecule has 0 aromatic carbocycles. The Bertz CT molecular complexity index is 209. The van der Waals surface area contributed by atoms with Crippen molar-refractivity contribution in [1.82, 2.24) is 4.90 Å². The van der Waals surface area contributed by atoms with Crippen LogP contribution >= 0.6 is 0 Å². The van der Waals surface area contributed by atoms with Crippen LogP contribution in [-0.4, -0.2) is 24.5 Å². The van der Waals surface area contributed by atoms with Crippen molar-refractivity contribution >= 4 is 0 Å². The van der Waals surface area contributed by atoms with E-state index < -0.39 is 0 Å². The number of hydrogen-bond donors (Lipinski definition) is 0. The first-order valence-corrected chi connectivity index (χ1v) is 6.89. The zero-order valence-electron chi connectivity index (χ0n) is 11.6. The highest BCUT2D eigenvalue weighted by molar-refractivity contribution is 4.99. The third-order valence-corrected chi connectivity index (χ3v) is 3.70. The molecule has 0 unspecified atom stereocenters. The molecule has 0 bridgehead atoms. The van der Waals surface area contributed by atoms with Gasteiger partial charge >= 0.3 is 0 Å². The molecule has 0 N–H and O–H groups in total. The Morgan fingerprint density at radius 1 is 1.19 bits per heavy atom. The molecule has 1 nitrogen and oxygen atoms in total. The van der Waals surface area contributed by atoms with Crippen molar-refractivity contribution in [1.29, 1.82) is 0 Å². The number of allylic oxidation sites excluding steroid dienone is 1. The Hall–Kier alpha value is -0.300. The first-order chi connectivity index (χ1) is 7.49. The molecule has 0 amide bonds. The molecule has 94 valence electrons. The Morgan fingerprint density at radius 3 is 2.19 bits per heavy atom. The van der Waals surface area contributed by atoms with E-state index in [4.69, 9.17) is 0 Å². The number of hydrogen-bond acceptors (Lipinski definition) is 1. The summed E-state index contributed by atoms with van der Waals surface area (Å²) in [5.74, 6) is 2.37. The maximum Gasteiger partial charge on any atom is 0.000439 e. The highest BCUT2D eigenvalue weighted by Crippen LogP contribution is 2.26. The first kappa shape index (κ1) is 13.8. The van der Waals surface area contributed by atoms with E-state index in [-0.39, 0.29) is 0 Å². The van der Waals surface area contributed by atoms with Gasteiger partial charge in [-0.3, -0.25) is 0 Å². The second-order valence-corrected chi connectivity index (χ2v) is 6.15. The predicted molar refractivity (Wildman–Crippen MR) is 72.6 cm³/mol. The fourth-order valence-corrected chi connectivity index (χ4v) is 2.50. The fourth-order valence-electron chi connectivity index (χ4n) is 2.50. The Balaban J connectivity index is 2.24. The van der Waals surface area contributed by atoms with Gasteiger partial charge < -0.3 is 4.90 Å². The maximum absolute atomic E-state index is 4.20. The van der Waals surface area contributed by atoms with E-state index in [0.717, 1.165) is 11.8 Å². The summed E-state index contributed by atoms with van der Waals surface area (Å²) in [6.07, 6.45) is 4.00. The van der Waals surface area contributed by atoms with Crippen molar-refractivity contribution in [2.45, 2.75) is 47.0 Å². The Labute approximate surface area is 102 Å². The van der Waals surface area contributed by atoms with Gasteiger partial charge in [0.1, 0.15) is 0 Å². The molecule has 1 aliphatic rings. The fraction of sp³-hybridized carbons (Fsp3) is 0.867. The average Bonchev–Trinajstić information content (AvgIpc) is 2.20. The predicted octanol–water partition coefficient (Wildman–Crippen LogP) is 3.96. The van der Waals surface area contributed by atoms with E-state index in [1.807, 2.05) is 0 Å². The zero-order valence-corrected chi connectivity index (χ0v) is 11.6. The maximum atomic E-state index is 4.20. The van der Waals surface area contributed by atoms with Crippen LogP contribution in [-0.2, 0) is 0 Å². The third-order valence-electron chi connectivity index (χ3n) is 3.70. The summed E-state index contributed by atoms with van der Waals surface area (Å²) in [5, 5.41) is 0. The summed E-state index contributed by atoms with van der Waals surface area (Å²) in [6, 6.07) is 0. The molecule has 0 radical (unpaired) electrons. The smallest absolute Gasteiger partial charge is 0.000439 e. The number of likely N-dealkylation sites (tertiary alicyclic amines) is 1. The molecule has 1 aliphatic heterocycles. The van der Waals surface area contributed by atoms with Crippen molar-refractivity contribution in [3.8, 4) is 0 Å². The highest BCUT2D eigenvalue weighted by Gasteiger charge is 2.20. The van der Waals surface area contributed by atoms with Crippen LogP contribution < -0.4 is 0 Å². The summed E-state index contributed by atoms with van der Waals surface area (Å²) in [6.45, 7) is 17.2. The van der Waals surface area contributed by atoms with Crippen molar-refractivity contribution in [2.24, 2.45) is 17.8 Å². The standard InChI is InChI=1S/C15H29N/c1-12(2)11-16-8-6-15(7-9-16)10-14(5)13(3)4/h12-13,15H,5-11H2,1-4H3. The minimum Gasteiger partial charge on any atom is -0.303 e. The summed E-state index contributed by atoms with van der Waals surface area (Å²) < 4.78 is 0. The van der Waals surface area contributed by atoms with Crippen LogP contribution in [0, 0.1) is 17.8 Å². The lowest BCUT2D eigenvalue weighted by Gasteiger charge is -2.33. The normalized spacial score (nSPS) is 19.6. The van der Waals surface area contributed by atoms with Crippen molar-refractivity contribution in [3.05, 3.63) is 12.2 Å². The van der Waals surface area contributed by atoms with Gasteiger partial charge in [-0.15, -0.1) is 0 Å². The van der Waals surface area contributed by atoms with Crippen LogP contribution in [0.4, 0.5) is 0 Å². The monoisotopic (exact) mass is 223 g/mol. The van der Waals surface area contributed by atoms with E-state index in [9.17, 15) is 0 Å². The Kier molecular flexibility index (Phi) is 5.54. The van der Waals surface area contributed by atoms with Crippen LogP contribution in [0.25, 0.3) is 0 Å². The highest BCUT2D eigenvalue weighted by atomic mass is 15.1. The van der Waals surface area contributed by atoms with Crippen molar-refractivity contribution < 1.29 is 0 Å². The van der Waals surface area contributed by atoms with Gasteiger partial charge in [-0.05, 0) is 50.1 Å². The van der Waals surface area contributed by atoms with Gasteiger partial charge in [-0.1, -0.05) is 39.8 Å². The van der Waals surface area contributed by atoms with E-state index in [2.05, 4.69) is 39.2 Å². The lowest BCUT2D eigenvalue weighted by molar-refractivity contribution is 0.166. The lowest BCUT2D eigenvalue weighted by Crippen LogP contribution is -2.36. The quantitative estimate of drug-likeness (QED) is 0.638. The van der Waals surface area contributed by atoms with Gasteiger partial charge in [-0.25, -0.2) is 0 Å². The largest absolute Gasteiger partial charge is 0.303 e. The molecule has 1 heteroatoms. The average molecular weight is 223 g/mol. The molecule has 16 heavy (non-hydrogen) atoms. The lowest BCUT2D eigenvalue weighted by atomic mass is 9.87. The van der Waals surface area contributed by atoms with Crippen LogP contribution in [0.15, 0.2) is 12.2 Å². The van der Waals surface area contributed by atoms with E-state index in [1.165, 1.54) is 44.5 Å². The summed E-state index contributed by atoms with van der Waals surface area (Å²) in [4.78, 5) is 2.62. The molecular weight excluding hydrogens is 194 g/mol. The van der Waals surface area contributed by atoms with E-state index in [1.54, 1.807) is 0 Å². The molecule has 1 rings (SSSR count). The van der Waals surface area contributed by atoms with Crippen LogP contribution in [0.5, 0.6) is 0 Å². The summed E-state index contributed by atoms with van der Waals surface area (Å²) in [5.41, 5.74) is 1.45. The summed E-state index contributed by atoms with van der Waals surface area (Å²) >= 11 is 0. The second kappa shape index (κ2) is 6.44. The zero-order chi connectivity index (χ0) is 12.1. The molecule has 0 aromatic rings. The van der Waals surface area contributed by atoms with Crippen molar-refractivity contribution in [3.63, 3.8) is 0 Å². The summed E-state index contributed by atoms with van der Waals surface area (Å²) in [7, 11) is 0. The van der Waals surface area contributed by atoms with Gasteiger partial charge in [0.15, 0.2) is 0 Å². The minimum absolute atomic E-state index is 0.661. The number of piperidine rings is 1. The minimum atomic E-state index is 0.661. The SMILES string of the molecule is C=C(CC1CCN(CC(C)C)CC1)C(C)C. The first-order valence-electron chi connectivity index (χ1n) is 6.89. The molecular formula is C15H29N. The second-order valence-electron chi connectivity index (χ2n) is 6.15. The van der Waals surface area contributed by atoms with Gasteiger partial charge in [0, 0.05) is 6.54 Å². The Morgan fingerprint density at radius 2 is 1.75 bits per heavy atom. The molecule has 0 aromatic heterocycles. The van der Waals surface area contributed by atoms with Crippen LogP contribution in [0.3, 0.4) is 0 Å². The molecule has 1 saturated heterocycles. The van der Waals surface area contributed by atoms with E-state index in [0.29, 0.717) is 5.92 Å². The number of nitrogens with zero attached hydrogens (tertiary/aromatic N) is 1. The number of rotatable bonds is 5.